The normalized spacial score (nSPS) is 18.5. The number of thioether (sulfide) groups is 1. The monoisotopic (exact) mass is 303 g/mol. The molecule has 1 aromatic carbocycles. The van der Waals surface area contributed by atoms with Gasteiger partial charge in [0, 0.05) is 10.1 Å². The van der Waals surface area contributed by atoms with Gasteiger partial charge in [-0.05, 0) is 38.1 Å². The fraction of sp³-hybridized carbons (Fsp3) is 0.353. The summed E-state index contributed by atoms with van der Waals surface area (Å²) in [5.74, 6) is -0.234. The maximum atomic E-state index is 11.5. The molecular formula is C17H21NO2S. The number of esters is 1. The number of carbonyl (C=O) groups is 1. The Bertz CT molecular complexity index is 522. The fourth-order valence-electron chi connectivity index (χ4n) is 2.09. The van der Waals surface area contributed by atoms with Crippen molar-refractivity contribution in [3.05, 3.63) is 54.1 Å². The summed E-state index contributed by atoms with van der Waals surface area (Å²) >= 11 is 1.85. The first-order chi connectivity index (χ1) is 10.2. The van der Waals surface area contributed by atoms with Crippen molar-refractivity contribution in [2.45, 2.75) is 29.6 Å². The van der Waals surface area contributed by atoms with Crippen LogP contribution in [0, 0.1) is 0 Å². The maximum Gasteiger partial charge on any atom is 0.320 e. The van der Waals surface area contributed by atoms with E-state index in [2.05, 4.69) is 41.8 Å². The summed E-state index contributed by atoms with van der Waals surface area (Å²) in [5.41, 5.74) is 1.02. The van der Waals surface area contributed by atoms with Crippen LogP contribution in [0.3, 0.4) is 0 Å². The number of carbonyl (C=O) groups excluding carboxylic acids is 1. The molecule has 0 saturated carbocycles. The van der Waals surface area contributed by atoms with E-state index in [1.807, 2.05) is 30.8 Å². The Kier molecular flexibility index (Phi) is 6.08. The van der Waals surface area contributed by atoms with Crippen LogP contribution in [0.4, 0.5) is 0 Å². The van der Waals surface area contributed by atoms with Crippen molar-refractivity contribution in [2.75, 3.05) is 13.6 Å². The summed E-state index contributed by atoms with van der Waals surface area (Å²) in [5, 5.41) is 3.30. The van der Waals surface area contributed by atoms with Gasteiger partial charge in [0.2, 0.25) is 0 Å². The van der Waals surface area contributed by atoms with E-state index in [4.69, 9.17) is 4.74 Å². The molecule has 0 bridgehead atoms. The summed E-state index contributed by atoms with van der Waals surface area (Å²) in [6.45, 7) is 2.13. The molecule has 0 fully saturated rings. The molecule has 2 rings (SSSR count). The number of benzene rings is 1. The predicted molar refractivity (Wildman–Crippen MR) is 87.4 cm³/mol. The second-order valence-corrected chi connectivity index (χ2v) is 6.25. The molecular weight excluding hydrogens is 282 g/mol. The van der Waals surface area contributed by atoms with Gasteiger partial charge in [0.05, 0.1) is 6.54 Å². The van der Waals surface area contributed by atoms with Crippen LogP contribution in [0.1, 0.15) is 25.0 Å². The lowest BCUT2D eigenvalue weighted by Gasteiger charge is -2.15. The minimum Gasteiger partial charge on any atom is -0.457 e. The lowest BCUT2D eigenvalue weighted by Crippen LogP contribution is -2.22. The van der Waals surface area contributed by atoms with E-state index in [1.165, 1.54) is 4.90 Å². The molecule has 21 heavy (non-hydrogen) atoms. The van der Waals surface area contributed by atoms with E-state index >= 15 is 0 Å². The summed E-state index contributed by atoms with van der Waals surface area (Å²) < 4.78 is 5.34. The molecule has 4 heteroatoms. The van der Waals surface area contributed by atoms with Gasteiger partial charge in [0.1, 0.15) is 6.10 Å². The molecule has 1 aliphatic rings. The molecule has 112 valence electrons. The van der Waals surface area contributed by atoms with Crippen molar-refractivity contribution in [3.63, 3.8) is 0 Å². The number of rotatable bonds is 6. The van der Waals surface area contributed by atoms with E-state index in [0.717, 1.165) is 12.0 Å². The predicted octanol–water partition coefficient (Wildman–Crippen LogP) is 3.49. The fourth-order valence-corrected chi connectivity index (χ4v) is 3.11. The van der Waals surface area contributed by atoms with E-state index in [1.54, 1.807) is 7.05 Å². The van der Waals surface area contributed by atoms with Crippen molar-refractivity contribution in [1.29, 1.82) is 0 Å². The Morgan fingerprint density at radius 3 is 2.76 bits per heavy atom. The summed E-state index contributed by atoms with van der Waals surface area (Å²) in [6.07, 6.45) is 9.44. The van der Waals surface area contributed by atoms with Crippen molar-refractivity contribution in [2.24, 2.45) is 0 Å². The standard InChI is InChI=1S/C17H21NO2S/c1-13(20-17(19)12-18-2)14-8-10-16(11-9-14)21-15-6-4-3-5-7-15/h3-6,8-11,13,15,18H,7,12H2,1-2H3. The van der Waals surface area contributed by atoms with Gasteiger partial charge >= 0.3 is 5.97 Å². The second kappa shape index (κ2) is 8.05. The van der Waals surface area contributed by atoms with Crippen LogP contribution in [-0.4, -0.2) is 24.8 Å². The summed E-state index contributed by atoms with van der Waals surface area (Å²) in [6, 6.07) is 8.24. The molecule has 0 saturated heterocycles. The molecule has 0 heterocycles. The van der Waals surface area contributed by atoms with E-state index in [0.29, 0.717) is 5.25 Å². The third kappa shape index (κ3) is 5.06. The number of nitrogens with one attached hydrogen (secondary N) is 1. The average Bonchev–Trinajstić information content (AvgIpc) is 2.49. The highest BCUT2D eigenvalue weighted by Crippen LogP contribution is 2.29. The van der Waals surface area contributed by atoms with Gasteiger partial charge < -0.3 is 10.1 Å². The van der Waals surface area contributed by atoms with Crippen LogP contribution >= 0.6 is 11.8 Å². The van der Waals surface area contributed by atoms with E-state index in [9.17, 15) is 4.79 Å². The van der Waals surface area contributed by atoms with E-state index < -0.39 is 0 Å². The van der Waals surface area contributed by atoms with Gasteiger partial charge in [0.15, 0.2) is 0 Å². The lowest BCUT2D eigenvalue weighted by atomic mass is 10.1. The van der Waals surface area contributed by atoms with Gasteiger partial charge in [-0.1, -0.05) is 36.4 Å². The first-order valence-corrected chi connectivity index (χ1v) is 8.01. The number of hydrogen-bond donors (Lipinski definition) is 1. The molecule has 0 amide bonds. The Labute approximate surface area is 130 Å². The smallest absolute Gasteiger partial charge is 0.320 e. The molecule has 1 N–H and O–H groups in total. The van der Waals surface area contributed by atoms with Gasteiger partial charge in [-0.3, -0.25) is 4.79 Å². The molecule has 0 aromatic heterocycles. The topological polar surface area (TPSA) is 38.3 Å². The number of ether oxygens (including phenoxy) is 1. The third-order valence-electron chi connectivity index (χ3n) is 3.21. The Morgan fingerprint density at radius 1 is 1.38 bits per heavy atom. The molecule has 3 nitrogen and oxygen atoms in total. The Morgan fingerprint density at radius 2 is 2.14 bits per heavy atom. The Hall–Kier alpha value is -1.52. The number of allylic oxidation sites excluding steroid dienone is 3. The van der Waals surface area contributed by atoms with Crippen LogP contribution in [0.2, 0.25) is 0 Å². The van der Waals surface area contributed by atoms with Gasteiger partial charge in [-0.2, -0.15) is 0 Å². The van der Waals surface area contributed by atoms with Gasteiger partial charge in [-0.25, -0.2) is 0 Å². The zero-order valence-electron chi connectivity index (χ0n) is 12.4. The molecule has 2 atom stereocenters. The van der Waals surface area contributed by atoms with Crippen molar-refractivity contribution in [3.8, 4) is 0 Å². The Balaban J connectivity index is 1.90. The maximum absolute atomic E-state index is 11.5. The zero-order chi connectivity index (χ0) is 15.1. The quantitative estimate of drug-likeness (QED) is 0.817. The minimum absolute atomic E-state index is 0.220. The number of hydrogen-bond acceptors (Lipinski definition) is 4. The lowest BCUT2D eigenvalue weighted by molar-refractivity contribution is -0.147. The second-order valence-electron chi connectivity index (χ2n) is 4.94. The molecule has 2 unspecified atom stereocenters. The summed E-state index contributed by atoms with van der Waals surface area (Å²) in [4.78, 5) is 12.7. The highest BCUT2D eigenvalue weighted by atomic mass is 32.2. The van der Waals surface area contributed by atoms with Crippen molar-refractivity contribution in [1.82, 2.24) is 5.32 Å². The van der Waals surface area contributed by atoms with Crippen molar-refractivity contribution < 1.29 is 9.53 Å². The molecule has 1 aromatic rings. The third-order valence-corrected chi connectivity index (χ3v) is 4.40. The first kappa shape index (κ1) is 15.9. The SMILES string of the molecule is CNCC(=O)OC(C)c1ccc(SC2C=CC=CC2)cc1. The van der Waals surface area contributed by atoms with Crippen LogP contribution in [-0.2, 0) is 9.53 Å². The van der Waals surface area contributed by atoms with Crippen LogP contribution < -0.4 is 5.32 Å². The van der Waals surface area contributed by atoms with Gasteiger partial charge in [-0.15, -0.1) is 11.8 Å². The molecule has 0 spiro atoms. The summed E-state index contributed by atoms with van der Waals surface area (Å²) in [7, 11) is 1.73. The largest absolute Gasteiger partial charge is 0.457 e. The molecule has 0 radical (unpaired) electrons. The first-order valence-electron chi connectivity index (χ1n) is 7.13. The number of likely N-dealkylation sites (N-methyl/N-ethyl adjacent to an activating group) is 1. The van der Waals surface area contributed by atoms with Gasteiger partial charge in [0.25, 0.3) is 0 Å². The van der Waals surface area contributed by atoms with Crippen LogP contribution in [0.5, 0.6) is 0 Å². The van der Waals surface area contributed by atoms with Crippen LogP contribution in [0.25, 0.3) is 0 Å². The molecule has 0 aliphatic heterocycles. The highest BCUT2D eigenvalue weighted by molar-refractivity contribution is 8.00. The highest BCUT2D eigenvalue weighted by Gasteiger charge is 2.12. The van der Waals surface area contributed by atoms with Crippen molar-refractivity contribution >= 4 is 17.7 Å². The van der Waals surface area contributed by atoms with E-state index in [-0.39, 0.29) is 18.6 Å². The zero-order valence-corrected chi connectivity index (χ0v) is 13.2. The minimum atomic E-state index is -0.234. The molecule has 1 aliphatic carbocycles. The van der Waals surface area contributed by atoms with Crippen LogP contribution in [0.15, 0.2) is 53.5 Å². The average molecular weight is 303 g/mol.